The first-order chi connectivity index (χ1) is 16.0. The van der Waals surface area contributed by atoms with Crippen molar-refractivity contribution in [3.05, 3.63) is 95.6 Å². The van der Waals surface area contributed by atoms with E-state index in [-0.39, 0.29) is 16.6 Å². The van der Waals surface area contributed by atoms with Crippen molar-refractivity contribution >= 4 is 21.4 Å². The third-order valence-corrected chi connectivity index (χ3v) is 7.73. The van der Waals surface area contributed by atoms with Crippen molar-refractivity contribution in [2.45, 2.75) is 30.4 Å². The van der Waals surface area contributed by atoms with E-state index >= 15 is 0 Å². The Morgan fingerprint density at radius 2 is 1.48 bits per heavy atom. The monoisotopic (exact) mass is 462 g/mol. The predicted molar refractivity (Wildman–Crippen MR) is 132 cm³/mol. The molecule has 1 fully saturated rings. The Morgan fingerprint density at radius 3 is 2.15 bits per heavy atom. The molecule has 0 N–H and O–H groups in total. The van der Waals surface area contributed by atoms with Crippen LogP contribution in [0, 0.1) is 0 Å². The summed E-state index contributed by atoms with van der Waals surface area (Å²) in [4.78, 5) is 17.3. The topological polar surface area (TPSA) is 57.7 Å². The second-order valence-electron chi connectivity index (χ2n) is 8.47. The fourth-order valence-electron chi connectivity index (χ4n) is 4.21. The van der Waals surface area contributed by atoms with Crippen LogP contribution < -0.4 is 4.90 Å². The van der Waals surface area contributed by atoms with E-state index in [1.165, 1.54) is 11.6 Å². The number of piperazine rings is 1. The molecular formula is C27H30N2O3S. The molecule has 0 atom stereocenters. The number of aryl methyl sites for hydroxylation is 1. The number of carbonyl (C=O) groups is 1. The number of sulfone groups is 1. The molecule has 0 bridgehead atoms. The number of amides is 1. The second kappa shape index (κ2) is 10.2. The summed E-state index contributed by atoms with van der Waals surface area (Å²) in [5.74, 6) is -0.198. The van der Waals surface area contributed by atoms with Gasteiger partial charge in [0.05, 0.1) is 10.6 Å². The summed E-state index contributed by atoms with van der Waals surface area (Å²) < 4.78 is 26.1. The molecule has 5 nitrogen and oxygen atoms in total. The van der Waals surface area contributed by atoms with Gasteiger partial charge in [0.1, 0.15) is 0 Å². The van der Waals surface area contributed by atoms with Gasteiger partial charge in [0.2, 0.25) is 0 Å². The highest BCUT2D eigenvalue weighted by molar-refractivity contribution is 7.90. The zero-order chi connectivity index (χ0) is 23.3. The summed E-state index contributed by atoms with van der Waals surface area (Å²) in [6, 6.07) is 24.3. The van der Waals surface area contributed by atoms with E-state index in [0.29, 0.717) is 18.7 Å². The number of benzene rings is 3. The van der Waals surface area contributed by atoms with Gasteiger partial charge in [-0.2, -0.15) is 0 Å². The second-order valence-corrected chi connectivity index (χ2v) is 10.5. The molecule has 1 amide bonds. The molecule has 0 unspecified atom stereocenters. The Hall–Kier alpha value is -3.12. The first-order valence-corrected chi connectivity index (χ1v) is 13.1. The lowest BCUT2D eigenvalue weighted by atomic mass is 10.1. The smallest absolute Gasteiger partial charge is 0.254 e. The minimum atomic E-state index is -3.55. The fourth-order valence-corrected chi connectivity index (χ4v) is 5.60. The maximum atomic E-state index is 13.1. The summed E-state index contributed by atoms with van der Waals surface area (Å²) >= 11 is 0. The van der Waals surface area contributed by atoms with Crippen LogP contribution >= 0.6 is 0 Å². The van der Waals surface area contributed by atoms with Gasteiger partial charge in [-0.1, -0.05) is 61.9 Å². The fraction of sp³-hybridized carbons (Fsp3) is 0.296. The summed E-state index contributed by atoms with van der Waals surface area (Å²) in [7, 11) is -3.55. The van der Waals surface area contributed by atoms with E-state index < -0.39 is 9.84 Å². The molecule has 1 aliphatic rings. The van der Waals surface area contributed by atoms with Crippen LogP contribution in [0.5, 0.6) is 0 Å². The van der Waals surface area contributed by atoms with Crippen molar-refractivity contribution < 1.29 is 13.2 Å². The third-order valence-electron chi connectivity index (χ3n) is 6.05. The molecule has 1 aliphatic heterocycles. The van der Waals surface area contributed by atoms with Crippen molar-refractivity contribution in [2.24, 2.45) is 0 Å². The first kappa shape index (κ1) is 23.1. The summed E-state index contributed by atoms with van der Waals surface area (Å²) in [5.41, 5.74) is 3.53. The molecule has 6 heteroatoms. The van der Waals surface area contributed by atoms with Crippen LogP contribution in [0.3, 0.4) is 0 Å². The lowest BCUT2D eigenvalue weighted by molar-refractivity contribution is 0.0746. The molecule has 0 saturated carbocycles. The number of rotatable bonds is 7. The molecular weight excluding hydrogens is 432 g/mol. The van der Waals surface area contributed by atoms with Crippen molar-refractivity contribution in [1.82, 2.24) is 4.90 Å². The lowest BCUT2D eigenvalue weighted by Gasteiger charge is -2.36. The molecule has 1 heterocycles. The van der Waals surface area contributed by atoms with Gasteiger partial charge >= 0.3 is 0 Å². The van der Waals surface area contributed by atoms with E-state index in [9.17, 15) is 13.2 Å². The summed E-state index contributed by atoms with van der Waals surface area (Å²) in [6.45, 7) is 4.84. The van der Waals surface area contributed by atoms with Crippen molar-refractivity contribution in [3.63, 3.8) is 0 Å². The van der Waals surface area contributed by atoms with Crippen LogP contribution in [-0.4, -0.2) is 45.4 Å². The lowest BCUT2D eigenvalue weighted by Crippen LogP contribution is -2.48. The molecule has 3 aromatic carbocycles. The van der Waals surface area contributed by atoms with Gasteiger partial charge in [0.15, 0.2) is 9.84 Å². The van der Waals surface area contributed by atoms with Crippen molar-refractivity contribution in [2.75, 3.05) is 31.1 Å². The highest BCUT2D eigenvalue weighted by Gasteiger charge is 2.24. The summed E-state index contributed by atoms with van der Waals surface area (Å²) in [5, 5.41) is 0. The molecule has 0 aromatic heterocycles. The number of carbonyl (C=O) groups excluding carboxylic acids is 1. The van der Waals surface area contributed by atoms with Crippen LogP contribution in [0.25, 0.3) is 0 Å². The highest BCUT2D eigenvalue weighted by atomic mass is 32.2. The number of hydrogen-bond acceptors (Lipinski definition) is 4. The van der Waals surface area contributed by atoms with E-state index in [0.717, 1.165) is 37.2 Å². The van der Waals surface area contributed by atoms with E-state index in [4.69, 9.17) is 0 Å². The summed E-state index contributed by atoms with van der Waals surface area (Å²) in [6.07, 6.45) is 2.04. The largest absolute Gasteiger partial charge is 0.368 e. The average molecular weight is 463 g/mol. The molecule has 172 valence electrons. The number of hydrogen-bond donors (Lipinski definition) is 0. The highest BCUT2D eigenvalue weighted by Crippen LogP contribution is 2.21. The standard InChI is InChI=1S/C27H30N2O3S/c1-2-7-22-12-14-23(15-13-22)21-33(31,32)26-11-6-8-24(20-26)27(30)29-18-16-28(17-19-29)25-9-4-3-5-10-25/h3-6,8-15,20H,2,7,16-19,21H2,1H3. The number of nitrogens with zero attached hydrogens (tertiary/aromatic N) is 2. The Balaban J connectivity index is 1.43. The van der Waals surface area contributed by atoms with Gasteiger partial charge in [-0.3, -0.25) is 4.79 Å². The number of para-hydroxylation sites is 1. The number of anilines is 1. The molecule has 0 radical (unpaired) electrons. The van der Waals surface area contributed by atoms with E-state index in [2.05, 4.69) is 24.0 Å². The van der Waals surface area contributed by atoms with Crippen molar-refractivity contribution in [3.8, 4) is 0 Å². The normalized spacial score (nSPS) is 14.3. The minimum Gasteiger partial charge on any atom is -0.368 e. The Kier molecular flexibility index (Phi) is 7.14. The van der Waals surface area contributed by atoms with Crippen LogP contribution in [0.2, 0.25) is 0 Å². The zero-order valence-electron chi connectivity index (χ0n) is 19.0. The third kappa shape index (κ3) is 5.63. The van der Waals surface area contributed by atoms with Crippen LogP contribution in [-0.2, 0) is 22.0 Å². The first-order valence-electron chi connectivity index (χ1n) is 11.5. The average Bonchev–Trinajstić information content (AvgIpc) is 2.85. The van der Waals surface area contributed by atoms with E-state index in [1.807, 2.05) is 42.5 Å². The Labute approximate surface area is 196 Å². The molecule has 1 saturated heterocycles. The molecule has 33 heavy (non-hydrogen) atoms. The van der Waals surface area contributed by atoms with E-state index in [1.54, 1.807) is 23.1 Å². The van der Waals surface area contributed by atoms with Crippen LogP contribution in [0.1, 0.15) is 34.8 Å². The zero-order valence-corrected chi connectivity index (χ0v) is 19.8. The van der Waals surface area contributed by atoms with Gasteiger partial charge in [0, 0.05) is 37.4 Å². The van der Waals surface area contributed by atoms with Gasteiger partial charge in [0.25, 0.3) is 5.91 Å². The van der Waals surface area contributed by atoms with Crippen molar-refractivity contribution in [1.29, 1.82) is 0 Å². The SMILES string of the molecule is CCCc1ccc(CS(=O)(=O)c2cccc(C(=O)N3CCN(c4ccccc4)CC3)c2)cc1. The minimum absolute atomic E-state index is 0.0766. The van der Waals surface area contributed by atoms with Gasteiger partial charge in [-0.05, 0) is 47.9 Å². The Bertz CT molecular complexity index is 1180. The maximum Gasteiger partial charge on any atom is 0.254 e. The van der Waals surface area contributed by atoms with Gasteiger partial charge in [-0.15, -0.1) is 0 Å². The Morgan fingerprint density at radius 1 is 0.818 bits per heavy atom. The van der Waals surface area contributed by atoms with Crippen LogP contribution in [0.15, 0.2) is 83.8 Å². The van der Waals surface area contributed by atoms with Gasteiger partial charge < -0.3 is 9.80 Å². The van der Waals surface area contributed by atoms with Crippen LogP contribution in [0.4, 0.5) is 5.69 Å². The molecule has 4 rings (SSSR count). The van der Waals surface area contributed by atoms with Gasteiger partial charge in [-0.25, -0.2) is 8.42 Å². The quantitative estimate of drug-likeness (QED) is 0.516. The molecule has 0 aliphatic carbocycles. The predicted octanol–water partition coefficient (Wildman–Crippen LogP) is 4.58. The molecule has 3 aromatic rings. The molecule has 0 spiro atoms. The maximum absolute atomic E-state index is 13.1.